The van der Waals surface area contributed by atoms with Gasteiger partial charge in [0.25, 0.3) is 5.91 Å². The zero-order chi connectivity index (χ0) is 16.2. The lowest BCUT2D eigenvalue weighted by atomic mass is 10.1. The van der Waals surface area contributed by atoms with Crippen LogP contribution in [0, 0.1) is 0 Å². The van der Waals surface area contributed by atoms with Gasteiger partial charge in [-0.1, -0.05) is 0 Å². The van der Waals surface area contributed by atoms with Gasteiger partial charge in [0.2, 0.25) is 5.91 Å². The first-order valence-electron chi connectivity index (χ1n) is 8.48. The van der Waals surface area contributed by atoms with Gasteiger partial charge in [-0.25, -0.2) is 0 Å². The maximum Gasteiger partial charge on any atom is 0.272 e. The van der Waals surface area contributed by atoms with Crippen molar-refractivity contribution in [2.45, 2.75) is 44.7 Å². The molecule has 23 heavy (non-hydrogen) atoms. The Balaban J connectivity index is 1.53. The molecule has 3 rings (SSSR count). The molecule has 3 heterocycles. The molecular weight excluding hydrogens is 294 g/mol. The van der Waals surface area contributed by atoms with Crippen LogP contribution in [0.25, 0.3) is 0 Å². The number of carbonyl (C=O) groups is 2. The van der Waals surface area contributed by atoms with Crippen LogP contribution in [0.5, 0.6) is 0 Å². The second kappa shape index (κ2) is 7.12. The molecule has 7 heteroatoms. The topological polar surface area (TPSA) is 79.3 Å². The summed E-state index contributed by atoms with van der Waals surface area (Å²) in [5.41, 5.74) is 0.440. The standard InChI is InChI=1S/C16H25N5O2/c1-12(11-20-8-3-5-15(20)22)18-16(23)14-6-9-21(19-14)13-4-2-7-17-10-13/h6,9,12-13,17H,2-5,7-8,10-11H2,1H3,(H,18,23). The SMILES string of the molecule is CC(CN1CCCC1=O)NC(=O)c1ccn(C2CCCNC2)n1. The molecule has 2 atom stereocenters. The number of rotatable bonds is 5. The van der Waals surface area contributed by atoms with Crippen LogP contribution in [0.4, 0.5) is 0 Å². The third-order valence-electron chi connectivity index (χ3n) is 4.53. The maximum absolute atomic E-state index is 12.3. The first kappa shape index (κ1) is 16.0. The van der Waals surface area contributed by atoms with Crippen LogP contribution in [-0.4, -0.2) is 58.7 Å². The fourth-order valence-electron chi connectivity index (χ4n) is 3.29. The smallest absolute Gasteiger partial charge is 0.272 e. The molecule has 7 nitrogen and oxygen atoms in total. The predicted octanol–water partition coefficient (Wildman–Crippen LogP) is 0.548. The zero-order valence-electron chi connectivity index (χ0n) is 13.6. The molecule has 2 aliphatic rings. The van der Waals surface area contributed by atoms with Gasteiger partial charge in [-0.2, -0.15) is 5.10 Å². The zero-order valence-corrected chi connectivity index (χ0v) is 13.6. The summed E-state index contributed by atoms with van der Waals surface area (Å²) in [5.74, 6) is 0.00633. The summed E-state index contributed by atoms with van der Waals surface area (Å²) in [6, 6.07) is 2.01. The number of carbonyl (C=O) groups excluding carboxylic acids is 2. The Morgan fingerprint density at radius 1 is 1.52 bits per heavy atom. The van der Waals surface area contributed by atoms with Crippen molar-refractivity contribution in [1.82, 2.24) is 25.3 Å². The third-order valence-corrected chi connectivity index (χ3v) is 4.53. The predicted molar refractivity (Wildman–Crippen MR) is 86.1 cm³/mol. The molecule has 0 aliphatic carbocycles. The van der Waals surface area contributed by atoms with Crippen LogP contribution in [0.15, 0.2) is 12.3 Å². The fraction of sp³-hybridized carbons (Fsp3) is 0.688. The Labute approximate surface area is 136 Å². The van der Waals surface area contributed by atoms with E-state index in [4.69, 9.17) is 0 Å². The van der Waals surface area contributed by atoms with E-state index in [0.29, 0.717) is 24.7 Å². The summed E-state index contributed by atoms with van der Waals surface area (Å²) in [7, 11) is 0. The van der Waals surface area contributed by atoms with Gasteiger partial charge >= 0.3 is 0 Å². The average molecular weight is 319 g/mol. The van der Waals surface area contributed by atoms with Crippen molar-refractivity contribution in [1.29, 1.82) is 0 Å². The van der Waals surface area contributed by atoms with Crippen LogP contribution in [0.1, 0.15) is 49.1 Å². The van der Waals surface area contributed by atoms with Gasteiger partial charge < -0.3 is 15.5 Å². The Kier molecular flexibility index (Phi) is 4.95. The lowest BCUT2D eigenvalue weighted by Gasteiger charge is -2.23. The van der Waals surface area contributed by atoms with Gasteiger partial charge in [-0.15, -0.1) is 0 Å². The maximum atomic E-state index is 12.3. The molecule has 0 spiro atoms. The van der Waals surface area contributed by atoms with E-state index < -0.39 is 0 Å². The van der Waals surface area contributed by atoms with Gasteiger partial charge in [-0.3, -0.25) is 14.3 Å². The minimum Gasteiger partial charge on any atom is -0.346 e. The van der Waals surface area contributed by atoms with Gasteiger partial charge in [0, 0.05) is 38.3 Å². The minimum absolute atomic E-state index is 0.0777. The average Bonchev–Trinajstić information content (AvgIpc) is 3.18. The molecule has 0 bridgehead atoms. The summed E-state index contributed by atoms with van der Waals surface area (Å²) in [6.07, 6.45) is 5.64. The Bertz CT molecular complexity index is 565. The van der Waals surface area contributed by atoms with E-state index in [1.54, 1.807) is 6.07 Å². The van der Waals surface area contributed by atoms with E-state index >= 15 is 0 Å². The van der Waals surface area contributed by atoms with Crippen molar-refractivity contribution in [2.24, 2.45) is 0 Å². The van der Waals surface area contributed by atoms with E-state index in [-0.39, 0.29) is 17.9 Å². The Hall–Kier alpha value is -1.89. The molecule has 0 radical (unpaired) electrons. The molecule has 126 valence electrons. The highest BCUT2D eigenvalue weighted by Crippen LogP contribution is 2.16. The molecule has 1 aromatic rings. The van der Waals surface area contributed by atoms with E-state index in [9.17, 15) is 9.59 Å². The number of aromatic nitrogens is 2. The number of piperidine rings is 1. The lowest BCUT2D eigenvalue weighted by Crippen LogP contribution is -2.42. The van der Waals surface area contributed by atoms with Crippen molar-refractivity contribution >= 4 is 11.8 Å². The highest BCUT2D eigenvalue weighted by atomic mass is 16.2. The fourth-order valence-corrected chi connectivity index (χ4v) is 3.29. The highest BCUT2D eigenvalue weighted by Gasteiger charge is 2.23. The first-order chi connectivity index (χ1) is 11.1. The monoisotopic (exact) mass is 319 g/mol. The molecule has 2 fully saturated rings. The van der Waals surface area contributed by atoms with Crippen LogP contribution in [0.2, 0.25) is 0 Å². The van der Waals surface area contributed by atoms with Crippen LogP contribution in [0.3, 0.4) is 0 Å². The molecule has 1 aromatic heterocycles. The highest BCUT2D eigenvalue weighted by molar-refractivity contribution is 5.92. The summed E-state index contributed by atoms with van der Waals surface area (Å²) < 4.78 is 1.88. The first-order valence-corrected chi connectivity index (χ1v) is 8.48. The molecular formula is C16H25N5O2. The molecule has 2 aliphatic heterocycles. The molecule has 2 amide bonds. The van der Waals surface area contributed by atoms with Crippen molar-refractivity contribution in [3.05, 3.63) is 18.0 Å². The van der Waals surface area contributed by atoms with Crippen LogP contribution >= 0.6 is 0 Å². The van der Waals surface area contributed by atoms with Crippen molar-refractivity contribution in [3.63, 3.8) is 0 Å². The molecule has 2 unspecified atom stereocenters. The number of hydrogen-bond donors (Lipinski definition) is 2. The largest absolute Gasteiger partial charge is 0.346 e. The number of nitrogens with one attached hydrogen (secondary N) is 2. The van der Waals surface area contributed by atoms with E-state index in [1.165, 1.54) is 0 Å². The Morgan fingerprint density at radius 3 is 3.09 bits per heavy atom. The van der Waals surface area contributed by atoms with E-state index in [2.05, 4.69) is 15.7 Å². The van der Waals surface area contributed by atoms with Crippen LogP contribution in [-0.2, 0) is 4.79 Å². The second-order valence-corrected chi connectivity index (χ2v) is 6.50. The molecule has 2 saturated heterocycles. The Morgan fingerprint density at radius 2 is 2.39 bits per heavy atom. The van der Waals surface area contributed by atoms with Gasteiger partial charge in [0.15, 0.2) is 0 Å². The summed E-state index contributed by atoms with van der Waals surface area (Å²) in [6.45, 7) is 5.24. The number of hydrogen-bond acceptors (Lipinski definition) is 4. The van der Waals surface area contributed by atoms with Gasteiger partial charge in [0.1, 0.15) is 5.69 Å². The molecule has 2 N–H and O–H groups in total. The summed E-state index contributed by atoms with van der Waals surface area (Å²) in [5, 5.41) is 10.7. The summed E-state index contributed by atoms with van der Waals surface area (Å²) in [4.78, 5) is 25.8. The molecule has 0 aromatic carbocycles. The third kappa shape index (κ3) is 3.90. The second-order valence-electron chi connectivity index (χ2n) is 6.50. The van der Waals surface area contributed by atoms with E-state index in [1.807, 2.05) is 22.7 Å². The lowest BCUT2D eigenvalue weighted by molar-refractivity contribution is -0.127. The van der Waals surface area contributed by atoms with Crippen molar-refractivity contribution in [3.8, 4) is 0 Å². The van der Waals surface area contributed by atoms with Crippen LogP contribution < -0.4 is 10.6 Å². The summed E-state index contributed by atoms with van der Waals surface area (Å²) >= 11 is 0. The van der Waals surface area contributed by atoms with Crippen molar-refractivity contribution in [2.75, 3.05) is 26.2 Å². The van der Waals surface area contributed by atoms with Gasteiger partial charge in [0.05, 0.1) is 6.04 Å². The van der Waals surface area contributed by atoms with Crippen molar-refractivity contribution < 1.29 is 9.59 Å². The number of amides is 2. The molecule has 0 saturated carbocycles. The quantitative estimate of drug-likeness (QED) is 0.831. The van der Waals surface area contributed by atoms with Gasteiger partial charge in [-0.05, 0) is 38.8 Å². The number of likely N-dealkylation sites (tertiary alicyclic amines) is 1. The number of nitrogens with zero attached hydrogens (tertiary/aromatic N) is 3. The normalized spacial score (nSPS) is 23.1. The van der Waals surface area contributed by atoms with E-state index in [0.717, 1.165) is 38.9 Å². The minimum atomic E-state index is -0.174.